The van der Waals surface area contributed by atoms with E-state index in [0.29, 0.717) is 19.6 Å². The van der Waals surface area contributed by atoms with E-state index in [-0.39, 0.29) is 12.0 Å². The lowest BCUT2D eigenvalue weighted by atomic mass is 9.98. The number of aliphatic hydroxyl groups is 1. The van der Waals surface area contributed by atoms with Crippen LogP contribution >= 0.6 is 0 Å². The molecule has 1 amide bonds. The molecule has 6 nitrogen and oxygen atoms in total. The van der Waals surface area contributed by atoms with Gasteiger partial charge in [-0.1, -0.05) is 24.3 Å². The fourth-order valence-electron chi connectivity index (χ4n) is 5.26. The van der Waals surface area contributed by atoms with Gasteiger partial charge in [-0.3, -0.25) is 9.69 Å². The molecule has 3 aliphatic rings. The number of aliphatic hydroxyl groups excluding tert-OH is 1. The standard InChI is InChI=1S/C26H33N3O3/c1-27-11-10-24(18-27)32-23-6-7-25-20(14-23)9-13-29(26(25)31)17-22(30)16-28-12-8-19-4-2-3-5-21(19)15-28/h2-7,14,22,24,30H,8-13,15-18H2,1H3. The van der Waals surface area contributed by atoms with Gasteiger partial charge in [0.1, 0.15) is 11.9 Å². The highest BCUT2D eigenvalue weighted by molar-refractivity contribution is 5.97. The number of ether oxygens (including phenoxy) is 1. The van der Waals surface area contributed by atoms with E-state index in [2.05, 4.69) is 41.1 Å². The average molecular weight is 436 g/mol. The van der Waals surface area contributed by atoms with Crippen molar-refractivity contribution in [1.82, 2.24) is 14.7 Å². The first-order chi connectivity index (χ1) is 15.5. The maximum atomic E-state index is 13.1. The van der Waals surface area contributed by atoms with Crippen LogP contribution in [0.25, 0.3) is 0 Å². The Bertz CT molecular complexity index is 979. The minimum Gasteiger partial charge on any atom is -0.489 e. The summed E-state index contributed by atoms with van der Waals surface area (Å²) in [7, 11) is 2.11. The highest BCUT2D eigenvalue weighted by Gasteiger charge is 2.28. The number of β-amino-alcohol motifs (C(OH)–C–C–N with tert-alkyl or cyclic N) is 1. The number of hydrogen-bond donors (Lipinski definition) is 1. The van der Waals surface area contributed by atoms with Crippen LogP contribution in [-0.4, -0.2) is 84.2 Å². The molecule has 0 bridgehead atoms. The van der Waals surface area contributed by atoms with E-state index in [1.165, 1.54) is 11.1 Å². The Balaban J connectivity index is 1.17. The van der Waals surface area contributed by atoms with Crippen molar-refractivity contribution in [3.05, 3.63) is 64.7 Å². The largest absolute Gasteiger partial charge is 0.489 e. The zero-order valence-corrected chi connectivity index (χ0v) is 18.9. The Labute approximate surface area is 190 Å². The van der Waals surface area contributed by atoms with E-state index in [0.717, 1.165) is 62.3 Å². The number of amides is 1. The second kappa shape index (κ2) is 9.22. The van der Waals surface area contributed by atoms with Gasteiger partial charge in [0.05, 0.1) is 6.10 Å². The number of hydrogen-bond acceptors (Lipinski definition) is 5. The first kappa shape index (κ1) is 21.4. The van der Waals surface area contributed by atoms with Crippen LogP contribution in [0.5, 0.6) is 5.75 Å². The third-order valence-electron chi connectivity index (χ3n) is 7.01. The molecule has 32 heavy (non-hydrogen) atoms. The Hall–Kier alpha value is -2.41. The number of likely N-dealkylation sites (tertiary alicyclic amines) is 1. The fourth-order valence-corrected chi connectivity index (χ4v) is 5.26. The summed E-state index contributed by atoms with van der Waals surface area (Å²) in [6.07, 6.45) is 2.53. The fraction of sp³-hybridized carbons (Fsp3) is 0.500. The highest BCUT2D eigenvalue weighted by atomic mass is 16.5. The summed E-state index contributed by atoms with van der Waals surface area (Å²) in [5, 5.41) is 10.7. The zero-order valence-electron chi connectivity index (χ0n) is 18.9. The van der Waals surface area contributed by atoms with Gasteiger partial charge in [-0.15, -0.1) is 0 Å². The third kappa shape index (κ3) is 4.68. The van der Waals surface area contributed by atoms with Crippen LogP contribution in [0.15, 0.2) is 42.5 Å². The molecule has 6 heteroatoms. The topological polar surface area (TPSA) is 56.2 Å². The maximum Gasteiger partial charge on any atom is 0.254 e. The second-order valence-electron chi connectivity index (χ2n) is 9.52. The van der Waals surface area contributed by atoms with E-state index in [9.17, 15) is 9.90 Å². The van der Waals surface area contributed by atoms with Crippen LogP contribution in [0.2, 0.25) is 0 Å². The molecule has 2 aromatic rings. The number of rotatable bonds is 6. The second-order valence-corrected chi connectivity index (χ2v) is 9.52. The van der Waals surface area contributed by atoms with Crippen molar-refractivity contribution in [2.24, 2.45) is 0 Å². The molecule has 3 aliphatic heterocycles. The van der Waals surface area contributed by atoms with Gasteiger partial charge in [0.2, 0.25) is 0 Å². The molecule has 0 radical (unpaired) electrons. The molecule has 0 saturated carbocycles. The molecule has 1 saturated heterocycles. The number of carbonyl (C=O) groups is 1. The summed E-state index contributed by atoms with van der Waals surface area (Å²) in [5.74, 6) is 0.872. The summed E-state index contributed by atoms with van der Waals surface area (Å²) < 4.78 is 6.14. The molecule has 0 spiro atoms. The number of nitrogens with zero attached hydrogens (tertiary/aromatic N) is 3. The normalized spacial score (nSPS) is 22.5. The van der Waals surface area contributed by atoms with Gasteiger partial charge in [0.25, 0.3) is 5.91 Å². The Morgan fingerprint density at radius 1 is 1.03 bits per heavy atom. The number of carbonyl (C=O) groups excluding carboxylic acids is 1. The molecule has 2 aromatic carbocycles. The van der Waals surface area contributed by atoms with Gasteiger partial charge < -0.3 is 19.6 Å². The molecule has 1 fully saturated rings. The van der Waals surface area contributed by atoms with Gasteiger partial charge in [-0.2, -0.15) is 0 Å². The SMILES string of the molecule is CN1CCC(Oc2ccc3c(c2)CCN(CC(O)CN2CCc4ccccc4C2)C3=O)C1. The quantitative estimate of drug-likeness (QED) is 0.754. The first-order valence-corrected chi connectivity index (χ1v) is 11.8. The van der Waals surface area contributed by atoms with Crippen LogP contribution in [0.1, 0.15) is 33.5 Å². The molecular weight excluding hydrogens is 402 g/mol. The van der Waals surface area contributed by atoms with Gasteiger partial charge >= 0.3 is 0 Å². The predicted octanol–water partition coefficient (Wildman–Crippen LogP) is 2.19. The molecule has 2 atom stereocenters. The lowest BCUT2D eigenvalue weighted by Crippen LogP contribution is -2.46. The van der Waals surface area contributed by atoms with Gasteiger partial charge in [-0.25, -0.2) is 0 Å². The summed E-state index contributed by atoms with van der Waals surface area (Å²) in [6, 6.07) is 14.4. The third-order valence-corrected chi connectivity index (χ3v) is 7.01. The van der Waals surface area contributed by atoms with Crippen molar-refractivity contribution in [1.29, 1.82) is 0 Å². The molecule has 3 heterocycles. The monoisotopic (exact) mass is 435 g/mol. The highest BCUT2D eigenvalue weighted by Crippen LogP contribution is 2.26. The van der Waals surface area contributed by atoms with E-state index >= 15 is 0 Å². The predicted molar refractivity (Wildman–Crippen MR) is 124 cm³/mol. The minimum absolute atomic E-state index is 0.0152. The minimum atomic E-state index is -0.548. The summed E-state index contributed by atoms with van der Waals surface area (Å²) in [6.45, 7) is 5.44. The molecule has 1 N–H and O–H groups in total. The van der Waals surface area contributed by atoms with Crippen molar-refractivity contribution in [3.63, 3.8) is 0 Å². The molecule has 5 rings (SSSR count). The smallest absolute Gasteiger partial charge is 0.254 e. The van der Waals surface area contributed by atoms with Gasteiger partial charge in [-0.05, 0) is 61.2 Å². The Kier molecular flexibility index (Phi) is 6.17. The van der Waals surface area contributed by atoms with Crippen LogP contribution in [0, 0.1) is 0 Å². The van der Waals surface area contributed by atoms with Crippen LogP contribution in [0.4, 0.5) is 0 Å². The summed E-state index contributed by atoms with van der Waals surface area (Å²) in [5.41, 5.74) is 4.55. The van der Waals surface area contributed by atoms with Crippen molar-refractivity contribution in [2.75, 3.05) is 46.3 Å². The molecule has 2 unspecified atom stereocenters. The van der Waals surface area contributed by atoms with Crippen LogP contribution < -0.4 is 4.74 Å². The number of likely N-dealkylation sites (N-methyl/N-ethyl adjacent to an activating group) is 1. The van der Waals surface area contributed by atoms with E-state index in [1.807, 2.05) is 18.2 Å². The lowest BCUT2D eigenvalue weighted by molar-refractivity contribution is 0.0492. The average Bonchev–Trinajstić information content (AvgIpc) is 3.20. The van der Waals surface area contributed by atoms with Crippen molar-refractivity contribution in [3.8, 4) is 5.75 Å². The zero-order chi connectivity index (χ0) is 22.1. The Morgan fingerprint density at radius 2 is 1.84 bits per heavy atom. The van der Waals surface area contributed by atoms with Gasteiger partial charge in [0, 0.05) is 51.4 Å². The maximum absolute atomic E-state index is 13.1. The van der Waals surface area contributed by atoms with Crippen LogP contribution in [0.3, 0.4) is 0 Å². The van der Waals surface area contributed by atoms with Gasteiger partial charge in [0.15, 0.2) is 0 Å². The molecule has 0 aliphatic carbocycles. The summed E-state index contributed by atoms with van der Waals surface area (Å²) in [4.78, 5) is 19.4. The van der Waals surface area contributed by atoms with Crippen molar-refractivity contribution >= 4 is 5.91 Å². The van der Waals surface area contributed by atoms with E-state index < -0.39 is 6.10 Å². The van der Waals surface area contributed by atoms with Crippen LogP contribution in [-0.2, 0) is 19.4 Å². The van der Waals surface area contributed by atoms with Crippen molar-refractivity contribution in [2.45, 2.75) is 38.0 Å². The summed E-state index contributed by atoms with van der Waals surface area (Å²) >= 11 is 0. The van der Waals surface area contributed by atoms with E-state index in [1.54, 1.807) is 4.90 Å². The molecule has 0 aromatic heterocycles. The number of benzene rings is 2. The Morgan fingerprint density at radius 3 is 2.66 bits per heavy atom. The van der Waals surface area contributed by atoms with Crippen molar-refractivity contribution < 1.29 is 14.6 Å². The first-order valence-electron chi connectivity index (χ1n) is 11.8. The van der Waals surface area contributed by atoms with E-state index in [4.69, 9.17) is 4.74 Å². The molecular formula is C26H33N3O3. The lowest BCUT2D eigenvalue weighted by Gasteiger charge is -2.34. The number of fused-ring (bicyclic) bond motifs is 2. The molecule has 170 valence electrons.